The smallest absolute Gasteiger partial charge is 0.0860 e. The quantitative estimate of drug-likeness (QED) is 0.482. The van der Waals surface area contributed by atoms with E-state index >= 15 is 0 Å². The van der Waals surface area contributed by atoms with E-state index < -0.39 is 6.10 Å². The topological polar surface area (TPSA) is 75.7 Å². The van der Waals surface area contributed by atoms with Crippen molar-refractivity contribution in [2.45, 2.75) is 38.2 Å². The van der Waals surface area contributed by atoms with Gasteiger partial charge in [0.25, 0.3) is 0 Å². The lowest BCUT2D eigenvalue weighted by Gasteiger charge is -2.40. The fourth-order valence-electron chi connectivity index (χ4n) is 1.55. The minimum atomic E-state index is -0.578. The van der Waals surface area contributed by atoms with Gasteiger partial charge < -0.3 is 20.7 Å². The highest BCUT2D eigenvalue weighted by Gasteiger charge is 2.38. The van der Waals surface area contributed by atoms with Gasteiger partial charge in [-0.25, -0.2) is 0 Å². The third kappa shape index (κ3) is 1.61. The van der Waals surface area contributed by atoms with Crippen molar-refractivity contribution in [3.8, 4) is 0 Å². The Hall–Kier alpha value is -0.160. The van der Waals surface area contributed by atoms with Gasteiger partial charge in [0, 0.05) is 5.92 Å². The zero-order valence-electron chi connectivity index (χ0n) is 7.47. The molecule has 0 saturated carbocycles. The molecule has 1 aliphatic rings. The molecule has 0 aliphatic carbocycles. The zero-order valence-corrected chi connectivity index (χ0v) is 7.47. The molecule has 0 unspecified atom stereocenters. The van der Waals surface area contributed by atoms with E-state index in [4.69, 9.17) is 15.6 Å². The maximum Gasteiger partial charge on any atom is 0.0860 e. The molecule has 1 fully saturated rings. The predicted molar refractivity (Wildman–Crippen MR) is 44.6 cm³/mol. The van der Waals surface area contributed by atoms with Gasteiger partial charge in [-0.3, -0.25) is 0 Å². The van der Waals surface area contributed by atoms with Crippen molar-refractivity contribution in [1.82, 2.24) is 0 Å². The number of rotatable bonds is 1. The first-order valence-electron chi connectivity index (χ1n) is 4.28. The molecule has 4 N–H and O–H groups in total. The molecule has 1 rings (SSSR count). The molecule has 0 radical (unpaired) electrons. The maximum absolute atomic E-state index is 9.60. The molecular weight excluding hydrogens is 158 g/mol. The van der Waals surface area contributed by atoms with E-state index in [1.54, 1.807) is 0 Å². The highest BCUT2D eigenvalue weighted by molar-refractivity contribution is 4.90. The molecule has 0 amide bonds. The molecule has 0 spiro atoms. The maximum atomic E-state index is 9.60. The predicted octanol–water partition coefficient (Wildman–Crippen LogP) is -0.910. The summed E-state index contributed by atoms with van der Waals surface area (Å²) in [6, 6.07) is -0.345. The molecule has 4 heteroatoms. The first-order chi connectivity index (χ1) is 5.57. The molecule has 0 aromatic carbocycles. The van der Waals surface area contributed by atoms with Crippen molar-refractivity contribution < 1.29 is 14.9 Å². The molecule has 4 nitrogen and oxygen atoms in total. The molecule has 1 heterocycles. The summed E-state index contributed by atoms with van der Waals surface area (Å²) in [6.07, 6.45) is -1.05. The van der Waals surface area contributed by atoms with Crippen LogP contribution in [0.5, 0.6) is 0 Å². The Kier molecular flexibility index (Phi) is 3.06. The second-order valence-corrected chi connectivity index (χ2v) is 3.49. The van der Waals surface area contributed by atoms with E-state index in [9.17, 15) is 5.11 Å². The van der Waals surface area contributed by atoms with Gasteiger partial charge in [-0.15, -0.1) is 0 Å². The Labute approximate surface area is 72.3 Å². The van der Waals surface area contributed by atoms with E-state index in [0.29, 0.717) is 0 Å². The van der Waals surface area contributed by atoms with Crippen LogP contribution in [-0.2, 0) is 4.74 Å². The van der Waals surface area contributed by atoms with Crippen molar-refractivity contribution in [1.29, 1.82) is 0 Å². The van der Waals surface area contributed by atoms with E-state index in [1.165, 1.54) is 0 Å². The van der Waals surface area contributed by atoms with Crippen molar-refractivity contribution >= 4 is 0 Å². The molecule has 0 aromatic rings. The number of nitrogens with two attached hydrogens (primary N) is 1. The molecular formula is C8H17NO3. The van der Waals surface area contributed by atoms with Gasteiger partial charge in [0.2, 0.25) is 0 Å². The molecule has 1 saturated heterocycles. The van der Waals surface area contributed by atoms with Crippen LogP contribution in [-0.4, -0.2) is 41.2 Å². The largest absolute Gasteiger partial charge is 0.394 e. The van der Waals surface area contributed by atoms with E-state index in [2.05, 4.69) is 0 Å². The standard InChI is InChI=1S/C8H17NO3/c1-4-6(3-10)12-5(2)7(9)8(4)11/h4-8,10-11H,3,9H2,1-2H3/t4-,5+,6-,7+,8+/m1/s1. The van der Waals surface area contributed by atoms with Gasteiger partial charge in [-0.05, 0) is 6.92 Å². The van der Waals surface area contributed by atoms with Crippen LogP contribution in [0, 0.1) is 5.92 Å². The fraction of sp³-hybridized carbons (Fsp3) is 1.00. The fourth-order valence-corrected chi connectivity index (χ4v) is 1.55. The SMILES string of the molecule is C[C@H]1[C@H](O)[C@@H](N)[C@H](C)O[C@@H]1CO. The summed E-state index contributed by atoms with van der Waals surface area (Å²) < 4.78 is 5.40. The Bertz CT molecular complexity index is 148. The van der Waals surface area contributed by atoms with E-state index in [0.717, 1.165) is 0 Å². The van der Waals surface area contributed by atoms with Gasteiger partial charge in [0.15, 0.2) is 0 Å². The van der Waals surface area contributed by atoms with Gasteiger partial charge >= 0.3 is 0 Å². The number of aliphatic hydroxyl groups is 2. The highest BCUT2D eigenvalue weighted by Crippen LogP contribution is 2.23. The third-order valence-corrected chi connectivity index (χ3v) is 2.63. The Morgan fingerprint density at radius 1 is 1.42 bits per heavy atom. The molecule has 1 aliphatic heterocycles. The van der Waals surface area contributed by atoms with Crippen LogP contribution in [0.1, 0.15) is 13.8 Å². The summed E-state index contributed by atoms with van der Waals surface area (Å²) in [4.78, 5) is 0. The minimum Gasteiger partial charge on any atom is -0.394 e. The van der Waals surface area contributed by atoms with Crippen LogP contribution in [0.4, 0.5) is 0 Å². The van der Waals surface area contributed by atoms with Gasteiger partial charge in [0.1, 0.15) is 0 Å². The number of hydrogen-bond acceptors (Lipinski definition) is 4. The second kappa shape index (κ2) is 3.70. The summed E-state index contributed by atoms with van der Waals surface area (Å²) in [5, 5.41) is 18.5. The van der Waals surface area contributed by atoms with Crippen molar-refractivity contribution in [3.05, 3.63) is 0 Å². The third-order valence-electron chi connectivity index (χ3n) is 2.63. The lowest BCUT2D eigenvalue weighted by Crippen LogP contribution is -2.57. The van der Waals surface area contributed by atoms with Crippen LogP contribution < -0.4 is 5.73 Å². The summed E-state index contributed by atoms with van der Waals surface area (Å²) >= 11 is 0. The number of ether oxygens (including phenoxy) is 1. The van der Waals surface area contributed by atoms with Gasteiger partial charge in [-0.2, -0.15) is 0 Å². The number of aliphatic hydroxyl groups excluding tert-OH is 2. The van der Waals surface area contributed by atoms with Crippen molar-refractivity contribution in [3.63, 3.8) is 0 Å². The minimum absolute atomic E-state index is 0.0602. The van der Waals surface area contributed by atoms with E-state index in [1.807, 2.05) is 13.8 Å². The average Bonchev–Trinajstić information content (AvgIpc) is 2.08. The zero-order chi connectivity index (χ0) is 9.30. The molecule has 0 bridgehead atoms. The van der Waals surface area contributed by atoms with Crippen LogP contribution in [0.2, 0.25) is 0 Å². The van der Waals surface area contributed by atoms with Crippen LogP contribution in [0.15, 0.2) is 0 Å². The average molecular weight is 175 g/mol. The molecule has 72 valence electrons. The Balaban J connectivity index is 2.63. The monoisotopic (exact) mass is 175 g/mol. The Morgan fingerprint density at radius 2 is 2.00 bits per heavy atom. The van der Waals surface area contributed by atoms with Gasteiger partial charge in [-0.1, -0.05) is 6.92 Å². The van der Waals surface area contributed by atoms with Gasteiger partial charge in [0.05, 0.1) is 31.0 Å². The molecule has 0 aromatic heterocycles. The summed E-state index contributed by atoms with van der Waals surface area (Å²) in [5.74, 6) is -0.0961. The summed E-state index contributed by atoms with van der Waals surface area (Å²) in [5.41, 5.74) is 5.67. The molecule has 5 atom stereocenters. The normalized spacial score (nSPS) is 49.2. The second-order valence-electron chi connectivity index (χ2n) is 3.49. The van der Waals surface area contributed by atoms with E-state index in [-0.39, 0.29) is 30.8 Å². The summed E-state index contributed by atoms with van der Waals surface area (Å²) in [7, 11) is 0. The lowest BCUT2D eigenvalue weighted by atomic mass is 9.88. The highest BCUT2D eigenvalue weighted by atomic mass is 16.5. The van der Waals surface area contributed by atoms with Crippen molar-refractivity contribution in [2.24, 2.45) is 11.7 Å². The Morgan fingerprint density at radius 3 is 2.50 bits per heavy atom. The lowest BCUT2D eigenvalue weighted by molar-refractivity contribution is -0.149. The van der Waals surface area contributed by atoms with Crippen LogP contribution in [0.3, 0.4) is 0 Å². The first-order valence-corrected chi connectivity index (χ1v) is 4.28. The first kappa shape index (κ1) is 9.92. The number of hydrogen-bond donors (Lipinski definition) is 3. The molecule has 12 heavy (non-hydrogen) atoms. The van der Waals surface area contributed by atoms with Crippen LogP contribution >= 0.6 is 0 Å². The van der Waals surface area contributed by atoms with Crippen molar-refractivity contribution in [2.75, 3.05) is 6.61 Å². The summed E-state index contributed by atoms with van der Waals surface area (Å²) in [6.45, 7) is 3.58. The van der Waals surface area contributed by atoms with Crippen LogP contribution in [0.25, 0.3) is 0 Å².